The summed E-state index contributed by atoms with van der Waals surface area (Å²) in [6.45, 7) is 18.6. The second kappa shape index (κ2) is 33.1. The Hall–Kier alpha value is -6.00. The highest BCUT2D eigenvalue weighted by molar-refractivity contribution is 6.42. The number of rotatable bonds is 16. The summed E-state index contributed by atoms with van der Waals surface area (Å²) in [7, 11) is 0. The molecule has 2 heterocycles. The molecule has 2 aromatic rings. The van der Waals surface area contributed by atoms with E-state index < -0.39 is 28.7 Å². The smallest absolute Gasteiger partial charge is 0.310 e. The number of benzene rings is 2. The number of piperidine rings is 2. The molecular weight excluding hydrogens is 1150 g/mol. The standard InChI is InChI=1S/C18H19Cl2NO3.C14H19NO3.C13H15Cl2N.C9H15N.2C6H6O2/c1-18(17(23)24)7-2-3-12-6-8-21(16(22)15(12)18)10-11-4-5-13(19)14(20)9-11;1-14(13(17)18)7-2-3-9-6-8-15(10-4-5-10)12(16)11(9)14;1-2-3-4-5-8-16-10-11-6-7-12(14)13(15)9-11;1-2-3-4-5-8-10-9-6-7-9;2*1-4-2-5(7)3-6(4)8/h2-5,9,12,15H,6-8,10H2,1H3,(H,23,24);2-3,9-11H,4-8H2,1H3,(H,17,18);2-4,6-7,9,16H,1,5,8,10H2;2-4,9-10H,1,5-8H2;2*2H,3H2,1H3/b;;2*4-3+;;/t12-,15-,18-;9-,11-,14-;;;;/m11..../s1. The van der Waals surface area contributed by atoms with Crippen molar-refractivity contribution in [3.63, 3.8) is 0 Å². The SMILES string of the molecule is C=C/C=C/CCNC1CC1.C=C/C=C/CCNCc1ccc(Cl)c(Cl)c1.CC1=CC(=O)CC1=O.CC1=CC(=O)CC1=O.C[C@@]1(C(=O)O)CC=C[C@@H]2CCN(C3CC3)C(=O)[C@@H]21.C[C@@]1(C(=O)O)CC=C[C@@H]2CCN(Cc3ccc(Cl)c(Cl)c3)C(=O)[C@@H]21. The maximum atomic E-state index is 13.0. The third kappa shape index (κ3) is 20.3. The number of carbonyl (C=O) groups excluding carboxylic acids is 6. The first kappa shape index (κ1) is 68.8. The molecule has 6 aliphatic carbocycles. The summed E-state index contributed by atoms with van der Waals surface area (Å²) >= 11 is 23.7. The number of carbonyl (C=O) groups is 8. The van der Waals surface area contributed by atoms with Gasteiger partial charge in [-0.2, -0.15) is 0 Å². The van der Waals surface area contributed by atoms with Crippen molar-refractivity contribution in [3.8, 4) is 0 Å². The molecule has 2 saturated heterocycles. The highest BCUT2D eigenvalue weighted by atomic mass is 35.5. The zero-order chi connectivity index (χ0) is 61.7. The minimum atomic E-state index is -1.05. The Morgan fingerprint density at radius 1 is 0.643 bits per heavy atom. The molecule has 8 aliphatic rings. The molecule has 0 spiro atoms. The molecule has 0 bridgehead atoms. The average Bonchev–Trinajstić information content (AvgIpc) is 1.43. The Bertz CT molecular complexity index is 2910. The molecule has 84 heavy (non-hydrogen) atoms. The highest BCUT2D eigenvalue weighted by Gasteiger charge is 2.55. The largest absolute Gasteiger partial charge is 0.481 e. The van der Waals surface area contributed by atoms with Gasteiger partial charge in [0.2, 0.25) is 11.8 Å². The van der Waals surface area contributed by atoms with Gasteiger partial charge in [-0.05, 0) is 176 Å². The first-order valence-electron chi connectivity index (χ1n) is 28.7. The molecule has 2 saturated carbocycles. The normalized spacial score (nSPS) is 24.8. The number of likely N-dealkylation sites (tertiary alicyclic amines) is 2. The summed E-state index contributed by atoms with van der Waals surface area (Å²) in [5.41, 5.74) is 1.24. The van der Waals surface area contributed by atoms with Crippen LogP contribution in [0.5, 0.6) is 0 Å². The molecule has 6 atom stereocenters. The van der Waals surface area contributed by atoms with Crippen molar-refractivity contribution in [2.24, 2.45) is 34.5 Å². The van der Waals surface area contributed by atoms with Gasteiger partial charge >= 0.3 is 11.9 Å². The monoisotopic (exact) mass is 1230 g/mol. The summed E-state index contributed by atoms with van der Waals surface area (Å²) < 4.78 is 0. The number of nitrogens with zero attached hydrogens (tertiary/aromatic N) is 2. The number of Topliss-reactive ketones (excluding diaryl/α,β-unsaturated/α-hetero) is 2. The van der Waals surface area contributed by atoms with Crippen molar-refractivity contribution in [2.75, 3.05) is 26.2 Å². The van der Waals surface area contributed by atoms with E-state index in [1.54, 1.807) is 50.8 Å². The molecule has 14 nitrogen and oxygen atoms in total. The van der Waals surface area contributed by atoms with E-state index in [2.05, 4.69) is 42.0 Å². The van der Waals surface area contributed by atoms with Gasteiger partial charge in [0.15, 0.2) is 23.1 Å². The highest BCUT2D eigenvalue weighted by Crippen LogP contribution is 2.48. The molecule has 4 N–H and O–H groups in total. The van der Waals surface area contributed by atoms with Crippen LogP contribution >= 0.6 is 46.4 Å². The predicted molar refractivity (Wildman–Crippen MR) is 333 cm³/mol. The van der Waals surface area contributed by atoms with Gasteiger partial charge in [0.05, 0.1) is 55.6 Å². The van der Waals surface area contributed by atoms with Gasteiger partial charge in [-0.15, -0.1) is 0 Å². The van der Waals surface area contributed by atoms with Gasteiger partial charge in [0, 0.05) is 38.3 Å². The van der Waals surface area contributed by atoms with E-state index in [9.17, 15) is 48.6 Å². The first-order valence-corrected chi connectivity index (χ1v) is 30.2. The number of hydrogen-bond acceptors (Lipinski definition) is 10. The first-order chi connectivity index (χ1) is 39.9. The fraction of sp³-hybridized carbons (Fsp3) is 0.455. The molecule has 2 aromatic carbocycles. The zero-order valence-electron chi connectivity index (χ0n) is 48.6. The second-order valence-corrected chi connectivity index (χ2v) is 24.3. The predicted octanol–water partition coefficient (Wildman–Crippen LogP) is 12.7. The third-order valence-corrected chi connectivity index (χ3v) is 17.4. The second-order valence-electron chi connectivity index (χ2n) is 22.7. The fourth-order valence-electron chi connectivity index (χ4n) is 10.7. The van der Waals surface area contributed by atoms with Gasteiger partial charge in [-0.1, -0.05) is 132 Å². The van der Waals surface area contributed by atoms with Crippen LogP contribution in [-0.4, -0.2) is 105 Å². The number of amides is 2. The molecule has 0 unspecified atom stereocenters. The summed E-state index contributed by atoms with van der Waals surface area (Å²) in [6.07, 6.45) is 32.2. The summed E-state index contributed by atoms with van der Waals surface area (Å²) in [6, 6.07) is 12.2. The van der Waals surface area contributed by atoms with Gasteiger partial charge in [-0.25, -0.2) is 0 Å². The van der Waals surface area contributed by atoms with Crippen molar-refractivity contribution in [1.82, 2.24) is 20.4 Å². The summed E-state index contributed by atoms with van der Waals surface area (Å²) in [4.78, 5) is 94.3. The number of halogens is 4. The number of allylic oxidation sites excluding steroid dienone is 12. The van der Waals surface area contributed by atoms with Gasteiger partial charge in [-0.3, -0.25) is 38.4 Å². The van der Waals surface area contributed by atoms with Crippen molar-refractivity contribution in [3.05, 3.63) is 165 Å². The fourth-order valence-corrected chi connectivity index (χ4v) is 11.3. The molecule has 0 aromatic heterocycles. The van der Waals surface area contributed by atoms with E-state index in [-0.39, 0.29) is 65.5 Å². The van der Waals surface area contributed by atoms with Crippen LogP contribution in [-0.2, 0) is 51.4 Å². The number of hydrogen-bond donors (Lipinski definition) is 4. The quantitative estimate of drug-likeness (QED) is 0.0536. The number of ketones is 4. The van der Waals surface area contributed by atoms with Crippen LogP contribution < -0.4 is 10.6 Å². The van der Waals surface area contributed by atoms with E-state index in [4.69, 9.17) is 46.4 Å². The van der Waals surface area contributed by atoms with Crippen LogP contribution in [0.25, 0.3) is 0 Å². The van der Waals surface area contributed by atoms with Crippen LogP contribution in [0.15, 0.2) is 134 Å². The lowest BCUT2D eigenvalue weighted by atomic mass is 9.62. The molecule has 452 valence electrons. The molecular formula is C66H80Cl4N4O10. The van der Waals surface area contributed by atoms with E-state index in [1.807, 2.05) is 65.6 Å². The van der Waals surface area contributed by atoms with E-state index in [0.717, 1.165) is 81.9 Å². The Morgan fingerprint density at radius 2 is 1.12 bits per heavy atom. The lowest BCUT2D eigenvalue weighted by Gasteiger charge is -2.45. The van der Waals surface area contributed by atoms with E-state index >= 15 is 0 Å². The molecule has 2 amide bonds. The number of nitrogens with one attached hydrogen (secondary N) is 2. The van der Waals surface area contributed by atoms with Crippen LogP contribution in [0.3, 0.4) is 0 Å². The summed E-state index contributed by atoms with van der Waals surface area (Å²) in [5, 5.41) is 28.0. The van der Waals surface area contributed by atoms with Crippen LogP contribution in [0, 0.1) is 34.5 Å². The van der Waals surface area contributed by atoms with Crippen molar-refractivity contribution >= 4 is 93.3 Å². The third-order valence-electron chi connectivity index (χ3n) is 15.9. The number of carboxylic acids is 2. The maximum Gasteiger partial charge on any atom is 0.310 e. The van der Waals surface area contributed by atoms with E-state index in [1.165, 1.54) is 25.0 Å². The van der Waals surface area contributed by atoms with E-state index in [0.29, 0.717) is 63.2 Å². The number of carboxylic acid groups (broad SMARTS) is 2. The minimum Gasteiger partial charge on any atom is -0.481 e. The number of fused-ring (bicyclic) bond motifs is 2. The van der Waals surface area contributed by atoms with Crippen molar-refractivity contribution in [1.29, 1.82) is 0 Å². The molecule has 18 heteroatoms. The maximum absolute atomic E-state index is 13.0. The van der Waals surface area contributed by atoms with Crippen LogP contribution in [0.2, 0.25) is 20.1 Å². The molecule has 10 rings (SSSR count). The van der Waals surface area contributed by atoms with Crippen molar-refractivity contribution in [2.45, 2.75) is 130 Å². The Kier molecular flexibility index (Phi) is 27.1. The average molecular weight is 1230 g/mol. The Labute approximate surface area is 514 Å². The van der Waals surface area contributed by atoms with Gasteiger partial charge < -0.3 is 30.6 Å². The van der Waals surface area contributed by atoms with Crippen LogP contribution in [0.1, 0.15) is 116 Å². The Balaban J connectivity index is 0.000000193. The molecule has 0 radical (unpaired) electrons. The summed E-state index contributed by atoms with van der Waals surface area (Å²) in [5.74, 6) is -2.73. The van der Waals surface area contributed by atoms with Crippen LogP contribution in [0.4, 0.5) is 0 Å². The molecule has 4 fully saturated rings. The van der Waals surface area contributed by atoms with Crippen molar-refractivity contribution < 1.29 is 48.6 Å². The zero-order valence-corrected chi connectivity index (χ0v) is 51.6. The lowest BCUT2D eigenvalue weighted by Crippen LogP contribution is -2.55. The van der Waals surface area contributed by atoms with Gasteiger partial charge in [0.25, 0.3) is 0 Å². The topological polar surface area (TPSA) is 208 Å². The minimum absolute atomic E-state index is 0.00240. The lowest BCUT2D eigenvalue weighted by molar-refractivity contribution is -0.164. The number of aliphatic carboxylic acids is 2. The molecule has 2 aliphatic heterocycles. The Morgan fingerprint density at radius 3 is 1.55 bits per heavy atom. The van der Waals surface area contributed by atoms with Gasteiger partial charge in [0.1, 0.15) is 0 Å².